The van der Waals surface area contributed by atoms with Crippen molar-refractivity contribution in [1.82, 2.24) is 15.5 Å². The van der Waals surface area contributed by atoms with E-state index in [2.05, 4.69) is 40.6 Å². The molecule has 1 aliphatic carbocycles. The third-order valence-electron chi connectivity index (χ3n) is 4.31. The Balaban J connectivity index is 1.40. The molecule has 1 atom stereocenters. The first-order valence-electron chi connectivity index (χ1n) is 8.15. The summed E-state index contributed by atoms with van der Waals surface area (Å²) in [5, 5.41) is 11.1. The molecular weight excluding hydrogens is 274 g/mol. The van der Waals surface area contributed by atoms with Gasteiger partial charge in [-0.3, -0.25) is 5.10 Å². The van der Waals surface area contributed by atoms with E-state index in [1.54, 1.807) is 7.11 Å². The maximum absolute atomic E-state index is 5.18. The van der Waals surface area contributed by atoms with E-state index in [1.807, 2.05) is 12.1 Å². The zero-order valence-electron chi connectivity index (χ0n) is 13.4. The number of hydrogen-bond acceptors (Lipinski definition) is 3. The van der Waals surface area contributed by atoms with Crippen LogP contribution in [-0.2, 0) is 13.0 Å². The SMILES string of the molecule is COc1ccc(CCC(C)NCc2cc(C3CC3)n[nH]2)cc1. The van der Waals surface area contributed by atoms with Crippen LogP contribution in [0.4, 0.5) is 0 Å². The van der Waals surface area contributed by atoms with Crippen LogP contribution in [0.1, 0.15) is 49.1 Å². The molecule has 1 fully saturated rings. The Morgan fingerprint density at radius 1 is 1.32 bits per heavy atom. The van der Waals surface area contributed by atoms with Crippen molar-refractivity contribution in [2.45, 2.75) is 51.1 Å². The molecule has 4 heteroatoms. The normalized spacial score (nSPS) is 15.7. The lowest BCUT2D eigenvalue weighted by Gasteiger charge is -2.13. The van der Waals surface area contributed by atoms with Crippen molar-refractivity contribution in [2.75, 3.05) is 7.11 Å². The maximum Gasteiger partial charge on any atom is 0.118 e. The third-order valence-corrected chi connectivity index (χ3v) is 4.31. The van der Waals surface area contributed by atoms with Crippen molar-refractivity contribution < 1.29 is 4.74 Å². The Bertz CT molecular complexity index is 587. The summed E-state index contributed by atoms with van der Waals surface area (Å²) in [6.45, 7) is 3.10. The summed E-state index contributed by atoms with van der Waals surface area (Å²) < 4.78 is 5.18. The lowest BCUT2D eigenvalue weighted by molar-refractivity contribution is 0.414. The first kappa shape index (κ1) is 15.1. The molecule has 3 rings (SSSR count). The number of nitrogens with zero attached hydrogens (tertiary/aromatic N) is 1. The van der Waals surface area contributed by atoms with Crippen LogP contribution in [0.5, 0.6) is 5.75 Å². The minimum atomic E-state index is 0.481. The first-order valence-corrected chi connectivity index (χ1v) is 8.15. The van der Waals surface area contributed by atoms with Gasteiger partial charge in [0.1, 0.15) is 5.75 Å². The highest BCUT2D eigenvalue weighted by Crippen LogP contribution is 2.38. The van der Waals surface area contributed by atoms with Crippen LogP contribution < -0.4 is 10.1 Å². The molecule has 4 nitrogen and oxygen atoms in total. The Labute approximate surface area is 132 Å². The molecule has 1 aromatic carbocycles. The summed E-state index contributed by atoms with van der Waals surface area (Å²) in [7, 11) is 1.70. The zero-order valence-corrected chi connectivity index (χ0v) is 13.4. The molecule has 0 amide bonds. The van der Waals surface area contributed by atoms with E-state index in [-0.39, 0.29) is 0 Å². The summed E-state index contributed by atoms with van der Waals surface area (Å²) in [5.41, 5.74) is 3.79. The number of hydrogen-bond donors (Lipinski definition) is 2. The van der Waals surface area contributed by atoms with E-state index in [0.717, 1.165) is 31.1 Å². The number of ether oxygens (including phenoxy) is 1. The maximum atomic E-state index is 5.18. The van der Waals surface area contributed by atoms with Gasteiger partial charge in [0.15, 0.2) is 0 Å². The highest BCUT2D eigenvalue weighted by atomic mass is 16.5. The van der Waals surface area contributed by atoms with Gasteiger partial charge in [0, 0.05) is 24.2 Å². The highest BCUT2D eigenvalue weighted by Gasteiger charge is 2.25. The molecule has 118 valence electrons. The fourth-order valence-electron chi connectivity index (χ4n) is 2.62. The zero-order chi connectivity index (χ0) is 15.4. The number of methoxy groups -OCH3 is 1. The number of nitrogens with one attached hydrogen (secondary N) is 2. The third kappa shape index (κ3) is 4.10. The van der Waals surface area contributed by atoms with E-state index in [0.29, 0.717) is 6.04 Å². The lowest BCUT2D eigenvalue weighted by Crippen LogP contribution is -2.26. The van der Waals surface area contributed by atoms with Gasteiger partial charge >= 0.3 is 0 Å². The minimum absolute atomic E-state index is 0.481. The van der Waals surface area contributed by atoms with Gasteiger partial charge in [-0.05, 0) is 56.4 Å². The molecule has 0 spiro atoms. The van der Waals surface area contributed by atoms with Crippen LogP contribution in [0.2, 0.25) is 0 Å². The minimum Gasteiger partial charge on any atom is -0.497 e. The molecule has 0 radical (unpaired) electrons. The molecule has 0 bridgehead atoms. The van der Waals surface area contributed by atoms with Crippen LogP contribution in [0.25, 0.3) is 0 Å². The van der Waals surface area contributed by atoms with Crippen LogP contribution in [-0.4, -0.2) is 23.3 Å². The predicted molar refractivity (Wildman–Crippen MR) is 88.2 cm³/mol. The number of rotatable bonds is 8. The fourth-order valence-corrected chi connectivity index (χ4v) is 2.62. The molecule has 0 aliphatic heterocycles. The molecule has 2 N–H and O–H groups in total. The van der Waals surface area contributed by atoms with Crippen LogP contribution in [0.15, 0.2) is 30.3 Å². The van der Waals surface area contributed by atoms with Gasteiger partial charge in [-0.15, -0.1) is 0 Å². The van der Waals surface area contributed by atoms with Crippen molar-refractivity contribution in [3.63, 3.8) is 0 Å². The standard InChI is InChI=1S/C18H25N3O/c1-13(3-4-14-5-9-17(22-2)10-6-14)19-12-16-11-18(21-20-16)15-7-8-15/h5-6,9-11,13,15,19H,3-4,7-8,12H2,1-2H3,(H,20,21). The van der Waals surface area contributed by atoms with Crippen molar-refractivity contribution in [3.8, 4) is 5.75 Å². The van der Waals surface area contributed by atoms with Gasteiger partial charge in [-0.25, -0.2) is 0 Å². The largest absolute Gasteiger partial charge is 0.497 e. The predicted octanol–water partition coefficient (Wildman–Crippen LogP) is 3.41. The molecule has 1 aromatic heterocycles. The molecular formula is C18H25N3O. The molecule has 0 saturated heterocycles. The van der Waals surface area contributed by atoms with Gasteiger partial charge < -0.3 is 10.1 Å². The molecule has 1 aliphatic rings. The summed E-state index contributed by atoms with van der Waals surface area (Å²) in [6.07, 6.45) is 4.80. The molecule has 2 aromatic rings. The smallest absolute Gasteiger partial charge is 0.118 e. The quantitative estimate of drug-likeness (QED) is 0.785. The second kappa shape index (κ2) is 6.97. The Morgan fingerprint density at radius 2 is 2.09 bits per heavy atom. The van der Waals surface area contributed by atoms with Gasteiger partial charge in [0.2, 0.25) is 0 Å². The van der Waals surface area contributed by atoms with Gasteiger partial charge in [-0.1, -0.05) is 12.1 Å². The van der Waals surface area contributed by atoms with Crippen LogP contribution in [0.3, 0.4) is 0 Å². The van der Waals surface area contributed by atoms with Crippen LogP contribution in [0, 0.1) is 0 Å². The first-order chi connectivity index (χ1) is 10.7. The second-order valence-corrected chi connectivity index (χ2v) is 6.26. The summed E-state index contributed by atoms with van der Waals surface area (Å²) in [6, 6.07) is 11.0. The molecule has 1 saturated carbocycles. The Hall–Kier alpha value is -1.81. The average molecular weight is 299 g/mol. The van der Waals surface area contributed by atoms with Crippen LogP contribution >= 0.6 is 0 Å². The fraction of sp³-hybridized carbons (Fsp3) is 0.500. The summed E-state index contributed by atoms with van der Waals surface area (Å²) >= 11 is 0. The van der Waals surface area contributed by atoms with E-state index < -0.39 is 0 Å². The molecule has 22 heavy (non-hydrogen) atoms. The topological polar surface area (TPSA) is 49.9 Å². The van der Waals surface area contributed by atoms with E-state index in [1.165, 1.54) is 29.8 Å². The van der Waals surface area contributed by atoms with E-state index in [4.69, 9.17) is 4.74 Å². The van der Waals surface area contributed by atoms with E-state index in [9.17, 15) is 0 Å². The summed E-state index contributed by atoms with van der Waals surface area (Å²) in [4.78, 5) is 0. The van der Waals surface area contributed by atoms with Crippen molar-refractivity contribution in [3.05, 3.63) is 47.3 Å². The number of aromatic amines is 1. The molecule has 1 heterocycles. The Kier molecular flexibility index (Phi) is 4.78. The number of benzene rings is 1. The monoisotopic (exact) mass is 299 g/mol. The average Bonchev–Trinajstić information content (AvgIpc) is 3.30. The Morgan fingerprint density at radius 3 is 2.77 bits per heavy atom. The number of aromatic nitrogens is 2. The van der Waals surface area contributed by atoms with Crippen molar-refractivity contribution in [2.24, 2.45) is 0 Å². The molecule has 1 unspecified atom stereocenters. The number of aryl methyl sites for hydroxylation is 1. The second-order valence-electron chi connectivity index (χ2n) is 6.26. The lowest BCUT2D eigenvalue weighted by atomic mass is 10.1. The van der Waals surface area contributed by atoms with E-state index >= 15 is 0 Å². The van der Waals surface area contributed by atoms with Gasteiger partial charge in [0.25, 0.3) is 0 Å². The van der Waals surface area contributed by atoms with Gasteiger partial charge in [-0.2, -0.15) is 5.10 Å². The van der Waals surface area contributed by atoms with Crippen molar-refractivity contribution in [1.29, 1.82) is 0 Å². The van der Waals surface area contributed by atoms with Gasteiger partial charge in [0.05, 0.1) is 12.8 Å². The summed E-state index contributed by atoms with van der Waals surface area (Å²) in [5.74, 6) is 1.64. The van der Waals surface area contributed by atoms with Crippen molar-refractivity contribution >= 4 is 0 Å². The highest BCUT2D eigenvalue weighted by molar-refractivity contribution is 5.27. The number of H-pyrrole nitrogens is 1.